The standard InChI is InChI=1S/C18H18O4/c1-3-22-17-12-13(9-10-16(17)21-2)11-15(18(19)20)14-7-5-4-6-8-14/h4-12H,3H2,1-2H3,(H,19,20)/b15-11+. The highest BCUT2D eigenvalue weighted by atomic mass is 16.5. The number of hydrogen-bond donors (Lipinski definition) is 1. The first-order valence-corrected chi connectivity index (χ1v) is 6.97. The number of rotatable bonds is 6. The van der Waals surface area contributed by atoms with Gasteiger partial charge in [0.15, 0.2) is 11.5 Å². The molecule has 0 bridgehead atoms. The van der Waals surface area contributed by atoms with Crippen molar-refractivity contribution in [2.45, 2.75) is 6.92 Å². The Balaban J connectivity index is 2.45. The second kappa shape index (κ2) is 7.31. The van der Waals surface area contributed by atoms with Crippen molar-refractivity contribution in [2.24, 2.45) is 0 Å². The maximum absolute atomic E-state index is 11.5. The monoisotopic (exact) mass is 298 g/mol. The van der Waals surface area contributed by atoms with Gasteiger partial charge in [-0.1, -0.05) is 36.4 Å². The smallest absolute Gasteiger partial charge is 0.336 e. The fourth-order valence-corrected chi connectivity index (χ4v) is 2.10. The van der Waals surface area contributed by atoms with E-state index in [4.69, 9.17) is 9.47 Å². The predicted octanol–water partition coefficient (Wildman–Crippen LogP) is 3.72. The van der Waals surface area contributed by atoms with Crippen molar-refractivity contribution in [1.29, 1.82) is 0 Å². The third-order valence-corrected chi connectivity index (χ3v) is 3.11. The van der Waals surface area contributed by atoms with Gasteiger partial charge in [0.25, 0.3) is 0 Å². The lowest BCUT2D eigenvalue weighted by atomic mass is 10.0. The molecule has 4 heteroatoms. The zero-order chi connectivity index (χ0) is 15.9. The van der Waals surface area contributed by atoms with Crippen LogP contribution in [0.3, 0.4) is 0 Å². The maximum Gasteiger partial charge on any atom is 0.336 e. The molecule has 114 valence electrons. The first kappa shape index (κ1) is 15.6. The van der Waals surface area contributed by atoms with Crippen LogP contribution < -0.4 is 9.47 Å². The molecule has 0 aliphatic heterocycles. The van der Waals surface area contributed by atoms with E-state index in [1.165, 1.54) is 0 Å². The van der Waals surface area contributed by atoms with Crippen LogP contribution in [0.1, 0.15) is 18.1 Å². The molecule has 0 atom stereocenters. The van der Waals surface area contributed by atoms with Crippen molar-refractivity contribution < 1.29 is 19.4 Å². The van der Waals surface area contributed by atoms with Crippen LogP contribution in [0.5, 0.6) is 11.5 Å². The molecule has 4 nitrogen and oxygen atoms in total. The third kappa shape index (κ3) is 3.67. The molecule has 0 saturated heterocycles. The Hall–Kier alpha value is -2.75. The average Bonchev–Trinajstić information content (AvgIpc) is 2.54. The molecule has 0 spiro atoms. The van der Waals surface area contributed by atoms with Crippen LogP contribution >= 0.6 is 0 Å². The van der Waals surface area contributed by atoms with E-state index in [0.717, 1.165) is 5.56 Å². The Labute approximate surface area is 129 Å². The summed E-state index contributed by atoms with van der Waals surface area (Å²) in [4.78, 5) is 11.5. The molecule has 0 radical (unpaired) electrons. The van der Waals surface area contributed by atoms with Crippen molar-refractivity contribution >= 4 is 17.6 Å². The second-order valence-corrected chi connectivity index (χ2v) is 4.57. The first-order chi connectivity index (χ1) is 10.7. The zero-order valence-electron chi connectivity index (χ0n) is 12.6. The van der Waals surface area contributed by atoms with E-state index in [9.17, 15) is 9.90 Å². The molecule has 0 aromatic heterocycles. The van der Waals surface area contributed by atoms with E-state index >= 15 is 0 Å². The van der Waals surface area contributed by atoms with E-state index in [2.05, 4.69) is 0 Å². The average molecular weight is 298 g/mol. The Morgan fingerprint density at radius 2 is 1.86 bits per heavy atom. The van der Waals surface area contributed by atoms with Crippen LogP contribution in [-0.4, -0.2) is 24.8 Å². The van der Waals surface area contributed by atoms with Crippen molar-refractivity contribution in [3.63, 3.8) is 0 Å². The number of carbonyl (C=O) groups is 1. The lowest BCUT2D eigenvalue weighted by molar-refractivity contribution is -0.130. The number of benzene rings is 2. The minimum Gasteiger partial charge on any atom is -0.493 e. The normalized spacial score (nSPS) is 11.1. The van der Waals surface area contributed by atoms with Gasteiger partial charge in [-0.2, -0.15) is 0 Å². The Kier molecular flexibility index (Phi) is 5.20. The Morgan fingerprint density at radius 1 is 1.14 bits per heavy atom. The Bertz CT molecular complexity index is 675. The van der Waals surface area contributed by atoms with Crippen molar-refractivity contribution in [3.05, 3.63) is 59.7 Å². The van der Waals surface area contributed by atoms with Crippen LogP contribution in [0.25, 0.3) is 11.6 Å². The predicted molar refractivity (Wildman–Crippen MR) is 86.1 cm³/mol. The van der Waals surface area contributed by atoms with Gasteiger partial charge >= 0.3 is 5.97 Å². The van der Waals surface area contributed by atoms with Gasteiger partial charge < -0.3 is 14.6 Å². The summed E-state index contributed by atoms with van der Waals surface area (Å²) < 4.78 is 10.7. The number of ether oxygens (including phenoxy) is 2. The Morgan fingerprint density at radius 3 is 2.45 bits per heavy atom. The summed E-state index contributed by atoms with van der Waals surface area (Å²) in [7, 11) is 1.57. The summed E-state index contributed by atoms with van der Waals surface area (Å²) in [6.07, 6.45) is 1.62. The quantitative estimate of drug-likeness (QED) is 0.652. The fourth-order valence-electron chi connectivity index (χ4n) is 2.10. The van der Waals surface area contributed by atoms with E-state index in [1.54, 1.807) is 43.5 Å². The molecule has 0 unspecified atom stereocenters. The first-order valence-electron chi connectivity index (χ1n) is 6.97. The molecule has 0 amide bonds. The molecule has 2 aromatic rings. The third-order valence-electron chi connectivity index (χ3n) is 3.11. The van der Waals surface area contributed by atoms with Crippen molar-refractivity contribution in [2.75, 3.05) is 13.7 Å². The largest absolute Gasteiger partial charge is 0.493 e. The summed E-state index contributed by atoms with van der Waals surface area (Å²) >= 11 is 0. The number of aliphatic carboxylic acids is 1. The summed E-state index contributed by atoms with van der Waals surface area (Å²) in [6.45, 7) is 2.39. The van der Waals surface area contributed by atoms with Gasteiger partial charge in [-0.05, 0) is 36.3 Å². The molecule has 22 heavy (non-hydrogen) atoms. The second-order valence-electron chi connectivity index (χ2n) is 4.57. The van der Waals surface area contributed by atoms with Gasteiger partial charge in [0.05, 0.1) is 19.3 Å². The molecule has 0 aliphatic carbocycles. The van der Waals surface area contributed by atoms with Gasteiger partial charge in [0.2, 0.25) is 0 Å². The van der Waals surface area contributed by atoms with Gasteiger partial charge in [-0.25, -0.2) is 4.79 Å². The lowest BCUT2D eigenvalue weighted by Gasteiger charge is -2.10. The van der Waals surface area contributed by atoms with Gasteiger partial charge in [-0.15, -0.1) is 0 Å². The summed E-state index contributed by atoms with van der Waals surface area (Å²) in [5.74, 6) is 0.243. The topological polar surface area (TPSA) is 55.8 Å². The molecular formula is C18H18O4. The molecule has 0 fully saturated rings. The van der Waals surface area contributed by atoms with Crippen LogP contribution in [0, 0.1) is 0 Å². The molecule has 2 aromatic carbocycles. The number of carboxylic acids is 1. The maximum atomic E-state index is 11.5. The summed E-state index contributed by atoms with van der Waals surface area (Å²) in [5, 5.41) is 9.44. The van der Waals surface area contributed by atoms with Crippen LogP contribution in [0.4, 0.5) is 0 Å². The van der Waals surface area contributed by atoms with E-state index in [0.29, 0.717) is 23.7 Å². The number of methoxy groups -OCH3 is 1. The van der Waals surface area contributed by atoms with E-state index in [-0.39, 0.29) is 5.57 Å². The van der Waals surface area contributed by atoms with Gasteiger partial charge in [0.1, 0.15) is 0 Å². The number of carboxylic acid groups (broad SMARTS) is 1. The summed E-state index contributed by atoms with van der Waals surface area (Å²) in [5.41, 5.74) is 1.63. The molecular weight excluding hydrogens is 280 g/mol. The summed E-state index contributed by atoms with van der Waals surface area (Å²) in [6, 6.07) is 14.4. The molecule has 0 aliphatic rings. The van der Waals surface area contributed by atoms with Gasteiger partial charge in [-0.3, -0.25) is 0 Å². The van der Waals surface area contributed by atoms with Crippen LogP contribution in [0.2, 0.25) is 0 Å². The number of hydrogen-bond acceptors (Lipinski definition) is 3. The molecule has 2 rings (SSSR count). The van der Waals surface area contributed by atoms with E-state index in [1.807, 2.05) is 25.1 Å². The van der Waals surface area contributed by atoms with Crippen molar-refractivity contribution in [3.8, 4) is 11.5 Å². The van der Waals surface area contributed by atoms with Crippen molar-refractivity contribution in [1.82, 2.24) is 0 Å². The minimum absolute atomic E-state index is 0.230. The highest BCUT2D eigenvalue weighted by Gasteiger charge is 2.11. The van der Waals surface area contributed by atoms with Crippen LogP contribution in [-0.2, 0) is 4.79 Å². The molecule has 0 saturated carbocycles. The molecule has 0 heterocycles. The minimum atomic E-state index is -0.972. The highest BCUT2D eigenvalue weighted by molar-refractivity contribution is 6.20. The SMILES string of the molecule is CCOc1cc(/C=C(/C(=O)O)c2ccccc2)ccc1OC. The van der Waals surface area contributed by atoms with Crippen LogP contribution in [0.15, 0.2) is 48.5 Å². The van der Waals surface area contributed by atoms with Gasteiger partial charge in [0, 0.05) is 0 Å². The molecule has 1 N–H and O–H groups in total. The highest BCUT2D eigenvalue weighted by Crippen LogP contribution is 2.30. The lowest BCUT2D eigenvalue weighted by Crippen LogP contribution is -2.00. The zero-order valence-corrected chi connectivity index (χ0v) is 12.6. The fraction of sp³-hybridized carbons (Fsp3) is 0.167. The van der Waals surface area contributed by atoms with E-state index < -0.39 is 5.97 Å².